The van der Waals surface area contributed by atoms with Gasteiger partial charge in [-0.15, -0.1) is 0 Å². The number of amides is 5. The van der Waals surface area contributed by atoms with Gasteiger partial charge in [-0.3, -0.25) is 29.1 Å². The number of nitrogens with zero attached hydrogens (tertiary/aromatic N) is 3. The number of pyridine rings is 1. The highest BCUT2D eigenvalue weighted by molar-refractivity contribution is 8.00. The molecule has 3 atom stereocenters. The van der Waals surface area contributed by atoms with Crippen molar-refractivity contribution < 1.29 is 42.9 Å². The summed E-state index contributed by atoms with van der Waals surface area (Å²) >= 11 is 1.90. The second-order valence-corrected chi connectivity index (χ2v) is 19.4. The number of anilines is 1. The molecule has 0 aliphatic carbocycles. The summed E-state index contributed by atoms with van der Waals surface area (Å²) in [6.45, 7) is 7.92. The quantitative estimate of drug-likeness (QED) is 0.0393. The van der Waals surface area contributed by atoms with E-state index < -0.39 is 0 Å². The van der Waals surface area contributed by atoms with Crippen molar-refractivity contribution in [3.8, 4) is 5.75 Å². The number of rotatable bonds is 27. The molecular weight excluding hydrogens is 901 g/mol. The molecule has 4 aliphatic heterocycles. The summed E-state index contributed by atoms with van der Waals surface area (Å²) in [5, 5.41) is 15.9. The van der Waals surface area contributed by atoms with Gasteiger partial charge in [-0.1, -0.05) is 18.6 Å². The Bertz CT molecular complexity index is 2100. The van der Waals surface area contributed by atoms with Crippen LogP contribution >= 0.6 is 11.8 Å². The third-order valence-corrected chi connectivity index (χ3v) is 14.7. The van der Waals surface area contributed by atoms with E-state index in [9.17, 15) is 24.0 Å². The van der Waals surface area contributed by atoms with Crippen LogP contribution in [0.2, 0.25) is 0 Å². The molecule has 5 N–H and O–H groups in total. The van der Waals surface area contributed by atoms with Gasteiger partial charge in [-0.25, -0.2) is 4.79 Å². The lowest BCUT2D eigenvalue weighted by Gasteiger charge is -2.32. The number of urea groups is 1. The number of unbranched alkanes of at least 4 members (excludes halogenated alkanes) is 1. The minimum absolute atomic E-state index is 0.0438. The summed E-state index contributed by atoms with van der Waals surface area (Å²) in [5.41, 5.74) is 3.68. The molecule has 0 radical (unpaired) electrons. The molecule has 4 fully saturated rings. The lowest BCUT2D eigenvalue weighted by atomic mass is 9.88. The Hall–Kier alpha value is -5.27. The van der Waals surface area contributed by atoms with Gasteiger partial charge in [0.05, 0.1) is 57.8 Å². The smallest absolute Gasteiger partial charge is 0.315 e. The maximum absolute atomic E-state index is 13.2. The maximum atomic E-state index is 13.2. The van der Waals surface area contributed by atoms with Gasteiger partial charge in [-0.2, -0.15) is 11.8 Å². The van der Waals surface area contributed by atoms with E-state index in [1.54, 1.807) is 48.4 Å². The van der Waals surface area contributed by atoms with Crippen molar-refractivity contribution in [1.29, 1.82) is 0 Å². The highest BCUT2D eigenvalue weighted by Crippen LogP contribution is 2.33. The van der Waals surface area contributed by atoms with Gasteiger partial charge in [0.15, 0.2) is 5.78 Å². The van der Waals surface area contributed by atoms with Crippen molar-refractivity contribution >= 4 is 47.0 Å². The highest BCUT2D eigenvalue weighted by atomic mass is 32.2. The molecule has 1 aromatic heterocycles. The van der Waals surface area contributed by atoms with E-state index in [4.69, 9.17) is 18.9 Å². The van der Waals surface area contributed by atoms with E-state index in [0.29, 0.717) is 101 Å². The van der Waals surface area contributed by atoms with E-state index >= 15 is 0 Å². The SMILES string of the molecule is COc1ccc(C(=O)C2CCN(C(=O)c3ccc(C(=O)NC4CCN(Cc5ccc(NCCCOCCOCCOCCNC(=O)CCCC[C@@H]6SC[C@@H]7NC(=O)N[C@@H]76)cc5)CC4)nc3)CC2)cc1. The van der Waals surface area contributed by atoms with Crippen molar-refractivity contribution in [2.75, 3.05) is 97.1 Å². The van der Waals surface area contributed by atoms with Crippen LogP contribution in [0.4, 0.5) is 10.5 Å². The van der Waals surface area contributed by atoms with E-state index in [-0.39, 0.29) is 59.3 Å². The first kappa shape index (κ1) is 51.6. The van der Waals surface area contributed by atoms with Gasteiger partial charge in [0.1, 0.15) is 11.4 Å². The Balaban J connectivity index is 0.651. The van der Waals surface area contributed by atoms with Gasteiger partial charge < -0.3 is 50.4 Å². The third kappa shape index (κ3) is 16.1. The Morgan fingerprint density at radius 3 is 2.19 bits per heavy atom. The largest absolute Gasteiger partial charge is 0.497 e. The van der Waals surface area contributed by atoms with Gasteiger partial charge in [-0.05, 0) is 99.0 Å². The molecule has 5 amide bonds. The molecule has 2 aromatic carbocycles. The number of hydrogen-bond acceptors (Lipinski definition) is 13. The molecule has 374 valence electrons. The predicted molar refractivity (Wildman–Crippen MR) is 265 cm³/mol. The van der Waals surface area contributed by atoms with Crippen LogP contribution in [-0.2, 0) is 25.5 Å². The number of methoxy groups -OCH3 is 1. The molecule has 4 saturated heterocycles. The Labute approximate surface area is 410 Å². The van der Waals surface area contributed by atoms with Crippen LogP contribution in [0.25, 0.3) is 0 Å². The summed E-state index contributed by atoms with van der Waals surface area (Å²) < 4.78 is 22.1. The van der Waals surface area contributed by atoms with Crippen molar-refractivity contribution in [3.63, 3.8) is 0 Å². The standard InChI is InChI=1S/C51H70N8O9S/c1-65-42-14-9-37(10-15-42)48(61)38-17-25-59(26-18-38)50(63)39-11-16-43(54-33-39)49(62)55-41-19-23-58(24-20-41)34-36-7-12-40(13-8-36)52-21-4-27-66-29-31-68-32-30-67-28-22-53-46(60)6-3-2-5-45-47-44(35-69-45)56-51(64)57-47/h7-16,33,38,41,44-45,47,52H,2-6,17-32,34-35H2,1H3,(H,53,60)(H,55,62)(H2,56,57,64)/t44-,45-,47-/m0/s1. The van der Waals surface area contributed by atoms with Crippen LogP contribution in [0.1, 0.15) is 94.6 Å². The molecule has 0 unspecified atom stereocenters. The zero-order chi connectivity index (χ0) is 48.2. The summed E-state index contributed by atoms with van der Waals surface area (Å²) in [5.74, 6) is 1.29. The van der Waals surface area contributed by atoms with E-state index in [1.165, 1.54) is 11.8 Å². The Morgan fingerprint density at radius 2 is 1.48 bits per heavy atom. The zero-order valence-electron chi connectivity index (χ0n) is 39.9. The number of fused-ring (bicyclic) bond motifs is 1. The molecular formula is C51H70N8O9S. The number of benzene rings is 2. The lowest BCUT2D eigenvalue weighted by Crippen LogP contribution is -2.44. The van der Waals surface area contributed by atoms with Crippen LogP contribution in [0.3, 0.4) is 0 Å². The van der Waals surface area contributed by atoms with Crippen molar-refractivity contribution in [1.82, 2.24) is 36.1 Å². The Morgan fingerprint density at radius 1 is 0.768 bits per heavy atom. The topological polar surface area (TPSA) is 202 Å². The molecule has 4 aliphatic rings. The maximum Gasteiger partial charge on any atom is 0.315 e. The van der Waals surface area contributed by atoms with Gasteiger partial charge in [0.2, 0.25) is 5.91 Å². The van der Waals surface area contributed by atoms with Crippen LogP contribution in [-0.4, -0.2) is 159 Å². The van der Waals surface area contributed by atoms with Crippen LogP contribution in [0.5, 0.6) is 5.75 Å². The number of piperidine rings is 2. The third-order valence-electron chi connectivity index (χ3n) is 13.2. The monoisotopic (exact) mass is 970 g/mol. The van der Waals surface area contributed by atoms with Crippen LogP contribution in [0.15, 0.2) is 66.9 Å². The first-order valence-electron chi connectivity index (χ1n) is 24.7. The normalized spacial score (nSPS) is 19.6. The van der Waals surface area contributed by atoms with E-state index in [2.05, 4.69) is 60.7 Å². The molecule has 0 spiro atoms. The lowest BCUT2D eigenvalue weighted by molar-refractivity contribution is -0.121. The fourth-order valence-corrected chi connectivity index (χ4v) is 10.8. The molecule has 69 heavy (non-hydrogen) atoms. The molecule has 3 aromatic rings. The zero-order valence-corrected chi connectivity index (χ0v) is 40.7. The second kappa shape index (κ2) is 27.2. The number of ether oxygens (including phenoxy) is 4. The number of hydrogen-bond donors (Lipinski definition) is 5. The second-order valence-electron chi connectivity index (χ2n) is 18.1. The number of thioether (sulfide) groups is 1. The molecule has 17 nitrogen and oxygen atoms in total. The van der Waals surface area contributed by atoms with Gasteiger partial charge in [0, 0.05) is 99.3 Å². The van der Waals surface area contributed by atoms with Crippen molar-refractivity contribution in [2.45, 2.75) is 87.7 Å². The minimum atomic E-state index is -0.237. The molecule has 18 heteroatoms. The predicted octanol–water partition coefficient (Wildman–Crippen LogP) is 4.91. The first-order chi connectivity index (χ1) is 33.7. The number of aromatic nitrogens is 1. The average molecular weight is 971 g/mol. The average Bonchev–Trinajstić information content (AvgIpc) is 3.94. The fourth-order valence-electron chi connectivity index (χ4n) is 9.23. The summed E-state index contributed by atoms with van der Waals surface area (Å²) in [6.07, 6.45) is 8.56. The summed E-state index contributed by atoms with van der Waals surface area (Å²) in [4.78, 5) is 71.5. The number of carbonyl (C=O) groups is 5. The molecule has 7 rings (SSSR count). The summed E-state index contributed by atoms with van der Waals surface area (Å²) in [7, 11) is 1.59. The van der Waals surface area contributed by atoms with E-state index in [0.717, 1.165) is 76.1 Å². The first-order valence-corrected chi connectivity index (χ1v) is 25.8. The van der Waals surface area contributed by atoms with E-state index in [1.807, 2.05) is 11.8 Å². The number of nitrogens with one attached hydrogen (secondary N) is 5. The fraction of sp³-hybridized carbons (Fsp3) is 0.569. The molecule has 0 bridgehead atoms. The number of Topliss-reactive ketones (excluding diaryl/α,β-unsaturated/α-hetero) is 1. The highest BCUT2D eigenvalue weighted by Gasteiger charge is 2.42. The number of ketones is 1. The number of likely N-dealkylation sites (tertiary alicyclic amines) is 2. The van der Waals surface area contributed by atoms with Gasteiger partial charge in [0.25, 0.3) is 11.8 Å². The summed E-state index contributed by atoms with van der Waals surface area (Å²) in [6, 6.07) is 19.4. The number of carbonyl (C=O) groups excluding carboxylic acids is 5. The molecule has 0 saturated carbocycles. The molecule has 5 heterocycles. The van der Waals surface area contributed by atoms with Crippen LogP contribution < -0.4 is 31.3 Å². The van der Waals surface area contributed by atoms with Gasteiger partial charge >= 0.3 is 6.03 Å². The minimum Gasteiger partial charge on any atom is -0.497 e. The van der Waals surface area contributed by atoms with Crippen molar-refractivity contribution in [2.24, 2.45) is 5.92 Å². The Kier molecular flexibility index (Phi) is 20.3. The van der Waals surface area contributed by atoms with Crippen molar-refractivity contribution in [3.05, 3.63) is 89.2 Å². The van der Waals surface area contributed by atoms with Crippen LogP contribution in [0, 0.1) is 5.92 Å².